The number of amides is 1. The van der Waals surface area contributed by atoms with Crippen LogP contribution in [-0.2, 0) is 38.1 Å². The van der Waals surface area contributed by atoms with Crippen molar-refractivity contribution in [3.63, 3.8) is 0 Å². The minimum absolute atomic E-state index is 0.0363. The number of nitrogens with zero attached hydrogens (tertiary/aromatic N) is 5. The smallest absolute Gasteiger partial charge is 0.321 e. The van der Waals surface area contributed by atoms with Crippen molar-refractivity contribution in [3.05, 3.63) is 76.4 Å². The molecular formula is C30H29F5N6O. The maximum Gasteiger partial charge on any atom is 0.416 e. The number of halogens is 5. The molecule has 2 heterocycles. The van der Waals surface area contributed by atoms with Gasteiger partial charge in [0.05, 0.1) is 18.2 Å². The number of rotatable bonds is 7. The molecule has 3 aliphatic rings. The van der Waals surface area contributed by atoms with Gasteiger partial charge in [-0.05, 0) is 60.2 Å². The number of carbonyl (C=O) groups is 1. The largest absolute Gasteiger partial charge is 0.416 e. The molecule has 6 rings (SSSR count). The van der Waals surface area contributed by atoms with Crippen molar-refractivity contribution in [3.8, 4) is 6.07 Å². The molecule has 2 saturated carbocycles. The Bertz CT molecular complexity index is 1570. The van der Waals surface area contributed by atoms with Gasteiger partial charge in [-0.3, -0.25) is 4.79 Å². The van der Waals surface area contributed by atoms with E-state index in [1.165, 1.54) is 11.0 Å². The van der Waals surface area contributed by atoms with Crippen LogP contribution in [0, 0.1) is 17.2 Å². The van der Waals surface area contributed by atoms with Crippen molar-refractivity contribution in [2.45, 2.75) is 75.2 Å². The zero-order valence-electron chi connectivity index (χ0n) is 22.9. The molecule has 220 valence electrons. The molecule has 0 radical (unpaired) electrons. The summed E-state index contributed by atoms with van der Waals surface area (Å²) in [5, 5.41) is 20.6. The normalized spacial score (nSPS) is 24.9. The molecule has 0 bridgehead atoms. The van der Waals surface area contributed by atoms with Crippen molar-refractivity contribution in [2.75, 3.05) is 4.90 Å². The molecular weight excluding hydrogens is 555 g/mol. The average molecular weight is 585 g/mol. The fourth-order valence-corrected chi connectivity index (χ4v) is 6.65. The predicted molar refractivity (Wildman–Crippen MR) is 143 cm³/mol. The number of aromatic nitrogens is 3. The Balaban J connectivity index is 1.29. The van der Waals surface area contributed by atoms with E-state index in [0.717, 1.165) is 17.5 Å². The molecule has 1 aliphatic heterocycles. The fourth-order valence-electron chi connectivity index (χ4n) is 6.65. The van der Waals surface area contributed by atoms with Crippen LogP contribution in [0.1, 0.15) is 70.5 Å². The topological polar surface area (TPSA) is 86.8 Å². The number of benzene rings is 2. The van der Waals surface area contributed by atoms with Gasteiger partial charge in [-0.2, -0.15) is 18.4 Å². The molecule has 1 amide bonds. The van der Waals surface area contributed by atoms with Crippen LogP contribution in [0.5, 0.6) is 0 Å². The van der Waals surface area contributed by atoms with Crippen molar-refractivity contribution >= 4 is 11.6 Å². The summed E-state index contributed by atoms with van der Waals surface area (Å²) in [5.74, 6) is -2.71. The molecule has 1 atom stereocenters. The van der Waals surface area contributed by atoms with E-state index in [1.54, 1.807) is 18.5 Å². The molecule has 42 heavy (non-hydrogen) atoms. The number of carbonyl (C=O) groups excluding carboxylic acids is 1. The van der Waals surface area contributed by atoms with Crippen LogP contribution < -0.4 is 10.2 Å². The monoisotopic (exact) mass is 584 g/mol. The molecule has 0 saturated heterocycles. The lowest BCUT2D eigenvalue weighted by atomic mass is 9.57. The fraction of sp³-hybridized carbons (Fsp3) is 0.467. The summed E-state index contributed by atoms with van der Waals surface area (Å²) < 4.78 is 71.6. The van der Waals surface area contributed by atoms with Gasteiger partial charge in [-0.25, -0.2) is 8.78 Å². The zero-order chi connectivity index (χ0) is 29.9. The van der Waals surface area contributed by atoms with Gasteiger partial charge in [0.25, 0.3) is 5.91 Å². The van der Waals surface area contributed by atoms with Crippen LogP contribution in [0.15, 0.2) is 42.7 Å². The summed E-state index contributed by atoms with van der Waals surface area (Å²) >= 11 is 0. The van der Waals surface area contributed by atoms with Crippen LogP contribution >= 0.6 is 0 Å². The van der Waals surface area contributed by atoms with Gasteiger partial charge in [-0.15, -0.1) is 10.2 Å². The average Bonchev–Trinajstić information content (AvgIpc) is 3.59. The SMILES string of the molecule is Cn1cnnc1CC1(c2cccc(N3Cc4c(cc(CN[C@@H]5CCC(F)(F)C5)cc4C(F)(F)F)C3=O)c2)CC(C#N)C1. The first-order valence-corrected chi connectivity index (χ1v) is 13.9. The standard InChI is InChI=1S/C30H29F5N6O/c1-40-17-38-39-26(40)13-28(10-19(11-28)14-36)20-3-2-4-22(9-20)41-16-24-23(27(41)42)7-18(8-25(24)30(33,34)35)15-37-21-5-6-29(31,32)12-21/h2-4,7-9,17,19,21,37H,5-6,10-13,15-16H2,1H3/t19?,21-,28?/m1/s1. The molecule has 2 fully saturated rings. The van der Waals surface area contributed by atoms with Gasteiger partial charge in [0.1, 0.15) is 12.2 Å². The molecule has 2 aliphatic carbocycles. The summed E-state index contributed by atoms with van der Waals surface area (Å²) in [6.45, 7) is -0.295. The number of alkyl halides is 5. The molecule has 2 aromatic carbocycles. The van der Waals surface area contributed by atoms with E-state index in [1.807, 2.05) is 23.7 Å². The van der Waals surface area contributed by atoms with E-state index >= 15 is 0 Å². The summed E-state index contributed by atoms with van der Waals surface area (Å²) in [4.78, 5) is 14.9. The number of nitriles is 1. The van der Waals surface area contributed by atoms with E-state index in [0.29, 0.717) is 24.9 Å². The van der Waals surface area contributed by atoms with Crippen LogP contribution in [0.4, 0.5) is 27.6 Å². The molecule has 1 N–H and O–H groups in total. The van der Waals surface area contributed by atoms with E-state index in [-0.39, 0.29) is 55.0 Å². The number of fused-ring (bicyclic) bond motifs is 1. The summed E-state index contributed by atoms with van der Waals surface area (Å²) in [6.07, 6.45) is -1.76. The number of nitrogens with one attached hydrogen (secondary N) is 1. The van der Waals surface area contributed by atoms with Gasteiger partial charge in [-0.1, -0.05) is 12.1 Å². The summed E-state index contributed by atoms with van der Waals surface area (Å²) in [7, 11) is 1.84. The maximum absolute atomic E-state index is 14.2. The van der Waals surface area contributed by atoms with Crippen molar-refractivity contribution in [1.29, 1.82) is 5.26 Å². The van der Waals surface area contributed by atoms with E-state index in [9.17, 15) is 32.0 Å². The highest BCUT2D eigenvalue weighted by Gasteiger charge is 2.47. The Kier molecular flexibility index (Phi) is 6.84. The molecule has 0 unspecified atom stereocenters. The van der Waals surface area contributed by atoms with Crippen LogP contribution in [0.2, 0.25) is 0 Å². The van der Waals surface area contributed by atoms with Crippen LogP contribution in [0.3, 0.4) is 0 Å². The lowest BCUT2D eigenvalue weighted by Gasteiger charge is -2.45. The van der Waals surface area contributed by atoms with Crippen molar-refractivity contribution in [1.82, 2.24) is 20.1 Å². The van der Waals surface area contributed by atoms with Gasteiger partial charge in [0, 0.05) is 61.5 Å². The summed E-state index contributed by atoms with van der Waals surface area (Å²) in [5.41, 5.74) is 0.122. The van der Waals surface area contributed by atoms with Crippen molar-refractivity contribution < 1.29 is 26.7 Å². The number of aryl methyl sites for hydroxylation is 1. The molecule has 7 nitrogen and oxygen atoms in total. The third kappa shape index (κ3) is 5.15. The molecule has 1 aromatic heterocycles. The Labute approximate surface area is 239 Å². The molecule has 12 heteroatoms. The zero-order valence-corrected chi connectivity index (χ0v) is 22.9. The first-order chi connectivity index (χ1) is 19.9. The second-order valence-corrected chi connectivity index (χ2v) is 11.8. The van der Waals surface area contributed by atoms with E-state index in [2.05, 4.69) is 21.6 Å². The highest BCUT2D eigenvalue weighted by atomic mass is 19.4. The number of anilines is 1. The van der Waals surface area contributed by atoms with Crippen LogP contribution in [0.25, 0.3) is 0 Å². The van der Waals surface area contributed by atoms with Crippen LogP contribution in [-0.4, -0.2) is 32.6 Å². The van der Waals surface area contributed by atoms with Gasteiger partial charge >= 0.3 is 6.18 Å². The van der Waals surface area contributed by atoms with E-state index < -0.39 is 35.0 Å². The maximum atomic E-state index is 14.2. The predicted octanol–water partition coefficient (Wildman–Crippen LogP) is 5.69. The molecule has 3 aromatic rings. The second-order valence-electron chi connectivity index (χ2n) is 11.8. The number of hydrogen-bond acceptors (Lipinski definition) is 5. The quantitative estimate of drug-likeness (QED) is 0.361. The summed E-state index contributed by atoms with van der Waals surface area (Å²) in [6, 6.07) is 11.5. The first kappa shape index (κ1) is 28.3. The third-order valence-corrected chi connectivity index (χ3v) is 8.93. The second kappa shape index (κ2) is 10.2. The lowest BCUT2D eigenvalue weighted by molar-refractivity contribution is -0.138. The highest BCUT2D eigenvalue weighted by Crippen LogP contribution is 2.50. The molecule has 0 spiro atoms. The Morgan fingerprint density at radius 1 is 1.17 bits per heavy atom. The van der Waals surface area contributed by atoms with Gasteiger partial charge < -0.3 is 14.8 Å². The van der Waals surface area contributed by atoms with Gasteiger partial charge in [0.2, 0.25) is 5.92 Å². The lowest BCUT2D eigenvalue weighted by Crippen LogP contribution is -2.43. The third-order valence-electron chi connectivity index (χ3n) is 8.93. The highest BCUT2D eigenvalue weighted by molar-refractivity contribution is 6.10. The van der Waals surface area contributed by atoms with Crippen molar-refractivity contribution in [2.24, 2.45) is 13.0 Å². The minimum atomic E-state index is -4.70. The Morgan fingerprint density at radius 2 is 1.95 bits per heavy atom. The Hall–Kier alpha value is -3.85. The Morgan fingerprint density at radius 3 is 2.60 bits per heavy atom. The number of hydrogen-bond donors (Lipinski definition) is 1. The minimum Gasteiger partial charge on any atom is -0.321 e. The van der Waals surface area contributed by atoms with Gasteiger partial charge in [0.15, 0.2) is 0 Å². The van der Waals surface area contributed by atoms with E-state index in [4.69, 9.17) is 0 Å². The first-order valence-electron chi connectivity index (χ1n) is 13.9.